The molecule has 0 aliphatic carbocycles. The van der Waals surface area contributed by atoms with Gasteiger partial charge in [0.25, 0.3) is 0 Å². The molecule has 5 nitrogen and oxygen atoms in total. The molecule has 19 heavy (non-hydrogen) atoms. The van der Waals surface area contributed by atoms with Crippen molar-refractivity contribution in [2.75, 3.05) is 10.6 Å². The Morgan fingerprint density at radius 1 is 1.11 bits per heavy atom. The van der Waals surface area contributed by atoms with Crippen LogP contribution in [0.25, 0.3) is 0 Å². The zero-order chi connectivity index (χ0) is 14.2. The summed E-state index contributed by atoms with van der Waals surface area (Å²) in [5.74, 6) is -0.609. The monoisotopic (exact) mass is 261 g/mol. The summed E-state index contributed by atoms with van der Waals surface area (Å²) < 4.78 is 0. The molecule has 2 rings (SSSR count). The van der Waals surface area contributed by atoms with Crippen molar-refractivity contribution in [3.05, 3.63) is 23.8 Å². The van der Waals surface area contributed by atoms with Gasteiger partial charge in [0, 0.05) is 6.04 Å². The third-order valence-electron chi connectivity index (χ3n) is 3.21. The number of hydrogen-bond acceptors (Lipinski definition) is 3. The van der Waals surface area contributed by atoms with Crippen molar-refractivity contribution in [3.63, 3.8) is 0 Å². The van der Waals surface area contributed by atoms with E-state index in [9.17, 15) is 9.59 Å². The van der Waals surface area contributed by atoms with E-state index >= 15 is 0 Å². The second-order valence-electron chi connectivity index (χ2n) is 5.92. The summed E-state index contributed by atoms with van der Waals surface area (Å²) in [6, 6.07) is 5.34. The zero-order valence-electron chi connectivity index (χ0n) is 11.4. The first-order valence-electron chi connectivity index (χ1n) is 6.26. The van der Waals surface area contributed by atoms with Gasteiger partial charge in [0.15, 0.2) is 0 Å². The van der Waals surface area contributed by atoms with Crippen LogP contribution in [0.1, 0.15) is 38.8 Å². The molecule has 0 bridgehead atoms. The van der Waals surface area contributed by atoms with Crippen LogP contribution >= 0.6 is 0 Å². The van der Waals surface area contributed by atoms with Crippen LogP contribution in [0, 0.1) is 5.41 Å². The van der Waals surface area contributed by atoms with Crippen molar-refractivity contribution in [3.8, 4) is 0 Å². The molecule has 102 valence electrons. The van der Waals surface area contributed by atoms with Gasteiger partial charge >= 0.3 is 0 Å². The molecule has 1 unspecified atom stereocenters. The summed E-state index contributed by atoms with van der Waals surface area (Å²) in [7, 11) is 0. The SMILES string of the molecule is CC(C)(C)C(N)c1ccc2c(c1)NC(=O)CC(=O)N2. The minimum Gasteiger partial charge on any atom is -0.324 e. The quantitative estimate of drug-likeness (QED) is 0.676. The van der Waals surface area contributed by atoms with Crippen molar-refractivity contribution in [2.45, 2.75) is 33.2 Å². The Balaban J connectivity index is 2.38. The maximum atomic E-state index is 11.5. The van der Waals surface area contributed by atoms with Crippen LogP contribution in [-0.4, -0.2) is 11.8 Å². The second-order valence-corrected chi connectivity index (χ2v) is 5.92. The highest BCUT2D eigenvalue weighted by Gasteiger charge is 2.24. The fourth-order valence-corrected chi connectivity index (χ4v) is 2.00. The number of nitrogens with two attached hydrogens (primary N) is 1. The van der Waals surface area contributed by atoms with Crippen LogP contribution in [0.15, 0.2) is 18.2 Å². The lowest BCUT2D eigenvalue weighted by Crippen LogP contribution is -2.26. The van der Waals surface area contributed by atoms with Gasteiger partial charge in [0.05, 0.1) is 11.4 Å². The summed E-state index contributed by atoms with van der Waals surface area (Å²) in [6.45, 7) is 6.18. The lowest BCUT2D eigenvalue weighted by atomic mass is 9.83. The molecule has 2 amide bonds. The number of amides is 2. The topological polar surface area (TPSA) is 84.2 Å². The molecule has 1 aliphatic rings. The van der Waals surface area contributed by atoms with Gasteiger partial charge in [-0.2, -0.15) is 0 Å². The molecular weight excluding hydrogens is 242 g/mol. The zero-order valence-corrected chi connectivity index (χ0v) is 11.4. The van der Waals surface area contributed by atoms with Gasteiger partial charge in [-0.3, -0.25) is 9.59 Å². The minimum atomic E-state index is -0.308. The average Bonchev–Trinajstić information content (AvgIpc) is 2.42. The number of fused-ring (bicyclic) bond motifs is 1. The third-order valence-corrected chi connectivity index (χ3v) is 3.21. The molecule has 0 saturated heterocycles. The summed E-state index contributed by atoms with van der Waals surface area (Å²) in [4.78, 5) is 23.0. The molecule has 1 aromatic carbocycles. The third kappa shape index (κ3) is 2.93. The van der Waals surface area contributed by atoms with E-state index in [0.717, 1.165) is 5.56 Å². The molecule has 1 atom stereocenters. The van der Waals surface area contributed by atoms with Crippen LogP contribution in [0.5, 0.6) is 0 Å². The molecule has 1 heterocycles. The summed E-state index contributed by atoms with van der Waals surface area (Å²) in [5.41, 5.74) is 8.28. The molecule has 4 N–H and O–H groups in total. The van der Waals surface area contributed by atoms with Crippen molar-refractivity contribution < 1.29 is 9.59 Å². The molecule has 0 spiro atoms. The second kappa shape index (κ2) is 4.66. The molecule has 5 heteroatoms. The Hall–Kier alpha value is -1.88. The van der Waals surface area contributed by atoms with E-state index in [2.05, 4.69) is 31.4 Å². The first kappa shape index (κ1) is 13.5. The van der Waals surface area contributed by atoms with E-state index in [-0.39, 0.29) is 29.7 Å². The van der Waals surface area contributed by atoms with E-state index in [1.165, 1.54) is 0 Å². The molecule has 0 saturated carbocycles. The van der Waals surface area contributed by atoms with Gasteiger partial charge in [-0.05, 0) is 23.1 Å². The van der Waals surface area contributed by atoms with Gasteiger partial charge in [0.2, 0.25) is 11.8 Å². The highest BCUT2D eigenvalue weighted by Crippen LogP contribution is 2.34. The number of hydrogen-bond donors (Lipinski definition) is 3. The lowest BCUT2D eigenvalue weighted by molar-refractivity contribution is -0.123. The molecular formula is C14H19N3O2. The number of nitrogens with one attached hydrogen (secondary N) is 2. The first-order chi connectivity index (χ1) is 8.77. The van der Waals surface area contributed by atoms with E-state index in [4.69, 9.17) is 5.73 Å². The Morgan fingerprint density at radius 2 is 1.68 bits per heavy atom. The Bertz CT molecular complexity index is 532. The number of benzene rings is 1. The highest BCUT2D eigenvalue weighted by atomic mass is 16.2. The van der Waals surface area contributed by atoms with Crippen molar-refractivity contribution in [1.82, 2.24) is 0 Å². The lowest BCUT2D eigenvalue weighted by Gasteiger charge is -2.28. The normalized spacial score (nSPS) is 17.1. The maximum Gasteiger partial charge on any atom is 0.233 e. The van der Waals surface area contributed by atoms with Crippen LogP contribution in [0.2, 0.25) is 0 Å². The molecule has 1 aromatic rings. The minimum absolute atomic E-state index is 0.0772. The van der Waals surface area contributed by atoms with Gasteiger partial charge in [0.1, 0.15) is 6.42 Å². The Kier molecular flexibility index (Phi) is 3.32. The smallest absolute Gasteiger partial charge is 0.233 e. The molecule has 1 aliphatic heterocycles. The summed E-state index contributed by atoms with van der Waals surface area (Å²) in [6.07, 6.45) is -0.157. The standard InChI is InChI=1S/C14H19N3O2/c1-14(2,3)13(15)8-4-5-9-10(6-8)17-12(19)7-11(18)16-9/h4-6,13H,7,15H2,1-3H3,(H,16,18)(H,17,19). The van der Waals surface area contributed by atoms with Gasteiger partial charge in [-0.25, -0.2) is 0 Å². The Labute approximate surface area is 112 Å². The van der Waals surface area contributed by atoms with Crippen LogP contribution in [-0.2, 0) is 9.59 Å². The molecule has 0 fully saturated rings. The highest BCUT2D eigenvalue weighted by molar-refractivity contribution is 6.13. The Morgan fingerprint density at radius 3 is 2.26 bits per heavy atom. The predicted molar refractivity (Wildman–Crippen MR) is 74.7 cm³/mol. The van der Waals surface area contributed by atoms with E-state index in [0.29, 0.717) is 11.4 Å². The van der Waals surface area contributed by atoms with Crippen molar-refractivity contribution in [2.24, 2.45) is 11.1 Å². The number of anilines is 2. The summed E-state index contributed by atoms with van der Waals surface area (Å²) >= 11 is 0. The van der Waals surface area contributed by atoms with Crippen molar-refractivity contribution >= 4 is 23.2 Å². The van der Waals surface area contributed by atoms with Crippen molar-refractivity contribution in [1.29, 1.82) is 0 Å². The number of carbonyl (C=O) groups is 2. The van der Waals surface area contributed by atoms with E-state index < -0.39 is 0 Å². The number of carbonyl (C=O) groups excluding carboxylic acids is 2. The average molecular weight is 261 g/mol. The largest absolute Gasteiger partial charge is 0.324 e. The fraction of sp³-hybridized carbons (Fsp3) is 0.429. The van der Waals surface area contributed by atoms with Gasteiger partial charge < -0.3 is 16.4 Å². The molecule has 0 radical (unpaired) electrons. The van der Waals surface area contributed by atoms with Crippen LogP contribution < -0.4 is 16.4 Å². The first-order valence-corrected chi connectivity index (χ1v) is 6.26. The van der Waals surface area contributed by atoms with Gasteiger partial charge in [-0.15, -0.1) is 0 Å². The van der Waals surface area contributed by atoms with Gasteiger partial charge in [-0.1, -0.05) is 26.8 Å². The maximum absolute atomic E-state index is 11.5. The van der Waals surface area contributed by atoms with Crippen LogP contribution in [0.4, 0.5) is 11.4 Å². The van der Waals surface area contributed by atoms with E-state index in [1.54, 1.807) is 6.07 Å². The summed E-state index contributed by atoms with van der Waals surface area (Å²) in [5, 5.41) is 5.42. The fourth-order valence-electron chi connectivity index (χ4n) is 2.00. The molecule has 0 aromatic heterocycles. The predicted octanol–water partition coefficient (Wildman–Crippen LogP) is 2.01. The van der Waals surface area contributed by atoms with E-state index in [1.807, 2.05) is 12.1 Å². The number of rotatable bonds is 1. The van der Waals surface area contributed by atoms with Crippen LogP contribution in [0.3, 0.4) is 0 Å².